The molecule has 1 aliphatic heterocycles. The second-order valence-corrected chi connectivity index (χ2v) is 8.34. The summed E-state index contributed by atoms with van der Waals surface area (Å²) in [4.78, 5) is 15.7. The van der Waals surface area contributed by atoms with Gasteiger partial charge in [-0.05, 0) is 40.7 Å². The highest BCUT2D eigenvalue weighted by Gasteiger charge is 2.29. The van der Waals surface area contributed by atoms with Gasteiger partial charge in [-0.15, -0.1) is 0 Å². The predicted molar refractivity (Wildman–Crippen MR) is 99.2 cm³/mol. The van der Waals surface area contributed by atoms with Gasteiger partial charge in [0.1, 0.15) is 22.7 Å². The summed E-state index contributed by atoms with van der Waals surface area (Å²) in [6, 6.07) is 2.94. The number of halogens is 1. The summed E-state index contributed by atoms with van der Waals surface area (Å²) in [6.45, 7) is 10.5. The third-order valence-corrected chi connectivity index (χ3v) is 4.39. The minimum atomic E-state index is -1.20. The van der Waals surface area contributed by atoms with E-state index in [4.69, 9.17) is 9.26 Å². The minimum Gasteiger partial charge on any atom is -0.444 e. The van der Waals surface area contributed by atoms with Gasteiger partial charge >= 0.3 is 6.09 Å². The summed E-state index contributed by atoms with van der Waals surface area (Å²) in [5.41, 5.74) is -0.685. The molecule has 1 N–H and O–H groups in total. The molecule has 0 radical (unpaired) electrons. The zero-order valence-corrected chi connectivity index (χ0v) is 16.4. The summed E-state index contributed by atoms with van der Waals surface area (Å²) in [5, 5.41) is 14.7. The lowest BCUT2D eigenvalue weighted by atomic mass is 10.0. The Morgan fingerprint density at radius 3 is 2.37 bits per heavy atom. The van der Waals surface area contributed by atoms with E-state index < -0.39 is 17.0 Å². The minimum absolute atomic E-state index is 0.292. The normalized spacial score (nSPS) is 16.1. The molecule has 0 bridgehead atoms. The van der Waals surface area contributed by atoms with Gasteiger partial charge in [-0.1, -0.05) is 5.16 Å². The molecule has 8 heteroatoms. The van der Waals surface area contributed by atoms with Gasteiger partial charge in [0.25, 0.3) is 0 Å². The van der Waals surface area contributed by atoms with E-state index in [1.807, 2.05) is 25.7 Å². The molecule has 0 atom stereocenters. The first-order valence-corrected chi connectivity index (χ1v) is 9.00. The fourth-order valence-electron chi connectivity index (χ4n) is 3.09. The van der Waals surface area contributed by atoms with E-state index in [0.29, 0.717) is 48.5 Å². The van der Waals surface area contributed by atoms with E-state index in [1.54, 1.807) is 24.8 Å². The predicted octanol–water partition coefficient (Wildman–Crippen LogP) is 3.25. The number of amides is 1. The van der Waals surface area contributed by atoms with Crippen molar-refractivity contribution in [1.29, 1.82) is 0 Å². The lowest BCUT2D eigenvalue weighted by molar-refractivity contribution is 0.0240. The van der Waals surface area contributed by atoms with E-state index in [2.05, 4.69) is 5.16 Å². The summed E-state index contributed by atoms with van der Waals surface area (Å²) in [7, 11) is 0. The number of anilines is 1. The number of hydrogen-bond donors (Lipinski definition) is 1. The molecule has 2 aromatic rings. The molecule has 1 aromatic carbocycles. The van der Waals surface area contributed by atoms with Gasteiger partial charge in [0, 0.05) is 32.2 Å². The van der Waals surface area contributed by atoms with Crippen LogP contribution in [0.25, 0.3) is 11.0 Å². The number of aliphatic hydroxyl groups is 1. The number of ether oxygens (including phenoxy) is 1. The molecule has 1 fully saturated rings. The van der Waals surface area contributed by atoms with E-state index in [1.165, 1.54) is 6.07 Å². The Bertz CT molecular complexity index is 843. The van der Waals surface area contributed by atoms with Gasteiger partial charge in [0.05, 0.1) is 11.1 Å². The standard InChI is InChI=1S/C19H26FN3O4/c1-18(2,3)26-17(24)23-8-6-22(7-9-23)14-10-12-15(11-13(14)20)27-21-16(12)19(4,5)25/h10-11,25H,6-9H2,1-5H3. The number of nitrogens with zero attached hydrogens (tertiary/aromatic N) is 3. The third-order valence-electron chi connectivity index (χ3n) is 4.39. The fourth-order valence-corrected chi connectivity index (χ4v) is 3.09. The first-order valence-electron chi connectivity index (χ1n) is 9.00. The van der Waals surface area contributed by atoms with Crippen LogP contribution in [0.4, 0.5) is 14.9 Å². The number of carbonyl (C=O) groups is 1. The molecule has 3 rings (SSSR count). The molecule has 7 nitrogen and oxygen atoms in total. The van der Waals surface area contributed by atoms with Crippen molar-refractivity contribution in [3.8, 4) is 0 Å². The van der Waals surface area contributed by atoms with Gasteiger partial charge in [-0.2, -0.15) is 0 Å². The number of fused-ring (bicyclic) bond motifs is 1. The molecule has 1 amide bonds. The maximum Gasteiger partial charge on any atom is 0.410 e. The van der Waals surface area contributed by atoms with E-state index in [9.17, 15) is 14.3 Å². The summed E-state index contributed by atoms with van der Waals surface area (Å²) >= 11 is 0. The van der Waals surface area contributed by atoms with Gasteiger partial charge in [0.2, 0.25) is 0 Å². The second-order valence-electron chi connectivity index (χ2n) is 8.34. The Kier molecular flexibility index (Phi) is 4.80. The van der Waals surface area contributed by atoms with Crippen LogP contribution >= 0.6 is 0 Å². The molecule has 1 saturated heterocycles. The molecule has 27 heavy (non-hydrogen) atoms. The molecular formula is C19H26FN3O4. The first kappa shape index (κ1) is 19.4. The van der Waals surface area contributed by atoms with Crippen molar-refractivity contribution in [3.63, 3.8) is 0 Å². The van der Waals surface area contributed by atoms with Crippen molar-refractivity contribution >= 4 is 22.7 Å². The Labute approximate surface area is 157 Å². The largest absolute Gasteiger partial charge is 0.444 e. The van der Waals surface area contributed by atoms with Crippen molar-refractivity contribution < 1.29 is 23.6 Å². The Hall–Kier alpha value is -2.35. The lowest BCUT2D eigenvalue weighted by Gasteiger charge is -2.36. The quantitative estimate of drug-likeness (QED) is 0.863. The van der Waals surface area contributed by atoms with Crippen LogP contribution in [0.15, 0.2) is 16.7 Å². The Morgan fingerprint density at radius 2 is 1.81 bits per heavy atom. The number of piperazine rings is 1. The first-order chi connectivity index (χ1) is 12.5. The van der Waals surface area contributed by atoms with Gasteiger partial charge in [0.15, 0.2) is 5.58 Å². The van der Waals surface area contributed by atoms with E-state index in [-0.39, 0.29) is 6.09 Å². The van der Waals surface area contributed by atoms with Crippen molar-refractivity contribution in [1.82, 2.24) is 10.1 Å². The van der Waals surface area contributed by atoms with Gasteiger partial charge in [-0.3, -0.25) is 0 Å². The van der Waals surface area contributed by atoms with E-state index in [0.717, 1.165) is 0 Å². The van der Waals surface area contributed by atoms with E-state index >= 15 is 0 Å². The van der Waals surface area contributed by atoms with Crippen LogP contribution in [0.3, 0.4) is 0 Å². The molecule has 1 aliphatic rings. The molecule has 0 aliphatic carbocycles. The van der Waals surface area contributed by atoms with Crippen LogP contribution in [-0.2, 0) is 10.3 Å². The lowest BCUT2D eigenvalue weighted by Crippen LogP contribution is -2.50. The molecule has 2 heterocycles. The van der Waals surface area contributed by atoms with Crippen molar-refractivity contribution in [3.05, 3.63) is 23.6 Å². The van der Waals surface area contributed by atoms with Gasteiger partial charge < -0.3 is 24.2 Å². The summed E-state index contributed by atoms with van der Waals surface area (Å²) < 4.78 is 25.1. The molecule has 0 spiro atoms. The average molecular weight is 379 g/mol. The average Bonchev–Trinajstić information content (AvgIpc) is 2.95. The monoisotopic (exact) mass is 379 g/mol. The van der Waals surface area contributed by atoms with Gasteiger partial charge in [-0.25, -0.2) is 9.18 Å². The van der Waals surface area contributed by atoms with Crippen LogP contribution in [0.2, 0.25) is 0 Å². The smallest absolute Gasteiger partial charge is 0.410 e. The Morgan fingerprint density at radius 1 is 1.19 bits per heavy atom. The number of hydrogen-bond acceptors (Lipinski definition) is 6. The van der Waals surface area contributed by atoms with Crippen LogP contribution in [0, 0.1) is 5.82 Å². The molecule has 148 valence electrons. The maximum absolute atomic E-state index is 14.6. The Balaban J connectivity index is 1.79. The fraction of sp³-hybridized carbons (Fsp3) is 0.579. The molecular weight excluding hydrogens is 353 g/mol. The van der Waals surface area contributed by atoms with Crippen LogP contribution < -0.4 is 4.90 Å². The third kappa shape index (κ3) is 4.16. The number of benzene rings is 1. The van der Waals surface area contributed by atoms with Crippen molar-refractivity contribution in [2.45, 2.75) is 45.8 Å². The van der Waals surface area contributed by atoms with Crippen LogP contribution in [-0.4, -0.2) is 53.0 Å². The van der Waals surface area contributed by atoms with Crippen molar-refractivity contribution in [2.75, 3.05) is 31.1 Å². The zero-order valence-electron chi connectivity index (χ0n) is 16.4. The number of carbonyl (C=O) groups excluding carboxylic acids is 1. The highest BCUT2D eigenvalue weighted by Crippen LogP contribution is 2.33. The highest BCUT2D eigenvalue weighted by molar-refractivity contribution is 5.84. The number of aromatic nitrogens is 1. The topological polar surface area (TPSA) is 79.0 Å². The molecule has 0 saturated carbocycles. The van der Waals surface area contributed by atoms with Crippen LogP contribution in [0.1, 0.15) is 40.3 Å². The summed E-state index contributed by atoms with van der Waals surface area (Å²) in [5.74, 6) is -0.424. The second kappa shape index (κ2) is 6.67. The van der Waals surface area contributed by atoms with Crippen molar-refractivity contribution in [2.24, 2.45) is 0 Å². The van der Waals surface area contributed by atoms with Crippen LogP contribution in [0.5, 0.6) is 0 Å². The molecule has 1 aromatic heterocycles. The zero-order chi connectivity index (χ0) is 20.0. The maximum atomic E-state index is 14.6. The SMILES string of the molecule is CC(C)(C)OC(=O)N1CCN(c2cc3c(C(C)(C)O)noc3cc2F)CC1. The number of rotatable bonds is 2. The summed E-state index contributed by atoms with van der Waals surface area (Å²) in [6.07, 6.45) is -0.360. The molecule has 0 unspecified atom stereocenters. The highest BCUT2D eigenvalue weighted by atomic mass is 19.1.